The van der Waals surface area contributed by atoms with Crippen LogP contribution in [0.3, 0.4) is 0 Å². The lowest BCUT2D eigenvalue weighted by Crippen LogP contribution is -2.20. The van der Waals surface area contributed by atoms with Crippen LogP contribution in [0.2, 0.25) is 0 Å². The highest BCUT2D eigenvalue weighted by Gasteiger charge is 2.29. The number of ether oxygens (including phenoxy) is 1. The van der Waals surface area contributed by atoms with Gasteiger partial charge in [-0.3, -0.25) is 4.79 Å². The van der Waals surface area contributed by atoms with Crippen molar-refractivity contribution in [1.82, 2.24) is 4.98 Å². The van der Waals surface area contributed by atoms with Gasteiger partial charge in [0.2, 0.25) is 17.5 Å². The molecule has 0 saturated carbocycles. The zero-order valence-corrected chi connectivity index (χ0v) is 18.1. The van der Waals surface area contributed by atoms with E-state index in [1.807, 2.05) is 0 Å². The first-order valence-electron chi connectivity index (χ1n) is 9.72. The van der Waals surface area contributed by atoms with E-state index in [0.29, 0.717) is 23.0 Å². The number of methoxy groups -OCH3 is 1. The molecule has 0 fully saturated rings. The van der Waals surface area contributed by atoms with Crippen molar-refractivity contribution in [3.8, 4) is 17.1 Å². The SMILES string of the molecule is COc1nc(-c2ccccc2)cc(C(=O)C=Nc2c(F)c(F)c(F)c(F)c2F)c1C(C)(C)C. The third-order valence-electron chi connectivity index (χ3n) is 4.76. The topological polar surface area (TPSA) is 51.5 Å². The first kappa shape index (κ1) is 24.0. The fraction of sp³-hybridized carbons (Fsp3) is 0.208. The zero-order valence-electron chi connectivity index (χ0n) is 18.1. The molecule has 1 heterocycles. The number of hydrogen-bond acceptors (Lipinski definition) is 4. The van der Waals surface area contributed by atoms with Gasteiger partial charge in [-0.1, -0.05) is 51.1 Å². The first-order chi connectivity index (χ1) is 15.5. The molecule has 33 heavy (non-hydrogen) atoms. The van der Waals surface area contributed by atoms with Crippen molar-refractivity contribution < 1.29 is 31.5 Å². The van der Waals surface area contributed by atoms with E-state index in [4.69, 9.17) is 4.74 Å². The minimum Gasteiger partial charge on any atom is -0.481 e. The molecule has 0 radical (unpaired) electrons. The predicted molar refractivity (Wildman–Crippen MR) is 114 cm³/mol. The molecule has 0 aliphatic heterocycles. The van der Waals surface area contributed by atoms with Gasteiger partial charge in [-0.2, -0.15) is 0 Å². The molecule has 3 rings (SSSR count). The summed E-state index contributed by atoms with van der Waals surface area (Å²) >= 11 is 0. The van der Waals surface area contributed by atoms with E-state index in [1.54, 1.807) is 51.1 Å². The fourth-order valence-electron chi connectivity index (χ4n) is 3.24. The Morgan fingerprint density at radius 3 is 2.00 bits per heavy atom. The van der Waals surface area contributed by atoms with Crippen LogP contribution in [0.5, 0.6) is 5.88 Å². The van der Waals surface area contributed by atoms with Crippen molar-refractivity contribution in [3.63, 3.8) is 0 Å². The van der Waals surface area contributed by atoms with E-state index < -0.39 is 46.0 Å². The summed E-state index contributed by atoms with van der Waals surface area (Å²) in [6, 6.07) is 10.3. The number of nitrogens with zero attached hydrogens (tertiary/aromatic N) is 2. The van der Waals surface area contributed by atoms with Crippen molar-refractivity contribution in [1.29, 1.82) is 0 Å². The predicted octanol–water partition coefficient (Wildman–Crippen LogP) is 6.34. The van der Waals surface area contributed by atoms with Gasteiger partial charge < -0.3 is 4.74 Å². The van der Waals surface area contributed by atoms with E-state index in [0.717, 1.165) is 0 Å². The number of carbonyl (C=O) groups excluding carboxylic acids is 1. The first-order valence-corrected chi connectivity index (χ1v) is 9.72. The number of rotatable bonds is 5. The van der Waals surface area contributed by atoms with Gasteiger partial charge in [-0.25, -0.2) is 31.9 Å². The minimum atomic E-state index is -2.31. The maximum atomic E-state index is 14.0. The third-order valence-corrected chi connectivity index (χ3v) is 4.76. The highest BCUT2D eigenvalue weighted by Crippen LogP contribution is 2.36. The summed E-state index contributed by atoms with van der Waals surface area (Å²) in [5.41, 5.74) is -0.618. The number of pyridine rings is 1. The second kappa shape index (κ2) is 9.09. The molecule has 1 aromatic heterocycles. The maximum absolute atomic E-state index is 14.0. The lowest BCUT2D eigenvalue weighted by atomic mass is 9.82. The summed E-state index contributed by atoms with van der Waals surface area (Å²) in [7, 11) is 1.38. The Morgan fingerprint density at radius 1 is 0.939 bits per heavy atom. The van der Waals surface area contributed by atoms with Gasteiger partial charge in [-0.15, -0.1) is 0 Å². The number of ketones is 1. The third kappa shape index (κ3) is 4.62. The quantitative estimate of drug-likeness (QED) is 0.146. The average Bonchev–Trinajstić information content (AvgIpc) is 2.80. The molecule has 172 valence electrons. The van der Waals surface area contributed by atoms with E-state index in [2.05, 4.69) is 9.98 Å². The summed E-state index contributed by atoms with van der Waals surface area (Å²) < 4.78 is 73.5. The molecule has 0 saturated heterocycles. The highest BCUT2D eigenvalue weighted by molar-refractivity contribution is 6.36. The molecule has 0 unspecified atom stereocenters. The largest absolute Gasteiger partial charge is 0.481 e. The average molecular weight is 462 g/mol. The number of aromatic nitrogens is 1. The van der Waals surface area contributed by atoms with Gasteiger partial charge in [0.05, 0.1) is 19.0 Å². The molecule has 0 N–H and O–H groups in total. The summed E-state index contributed by atoms with van der Waals surface area (Å²) in [6.07, 6.45) is 0.511. The van der Waals surface area contributed by atoms with Crippen LogP contribution in [0.4, 0.5) is 27.6 Å². The Bertz CT molecular complexity index is 1220. The van der Waals surface area contributed by atoms with Crippen LogP contribution in [-0.2, 0) is 5.41 Å². The molecular weight excluding hydrogens is 443 g/mol. The number of Topliss-reactive ketones (excluding diaryl/α,β-unsaturated/α-hetero) is 1. The van der Waals surface area contributed by atoms with E-state index >= 15 is 0 Å². The van der Waals surface area contributed by atoms with Crippen LogP contribution in [0.25, 0.3) is 11.3 Å². The van der Waals surface area contributed by atoms with Crippen molar-refractivity contribution in [2.45, 2.75) is 26.2 Å². The van der Waals surface area contributed by atoms with Gasteiger partial charge in [-0.05, 0) is 11.5 Å². The van der Waals surface area contributed by atoms with Crippen molar-refractivity contribution in [2.24, 2.45) is 4.99 Å². The number of aliphatic imine (C=N–C) groups is 1. The van der Waals surface area contributed by atoms with Crippen LogP contribution < -0.4 is 4.74 Å². The van der Waals surface area contributed by atoms with Crippen LogP contribution in [0, 0.1) is 29.1 Å². The molecule has 0 aliphatic carbocycles. The monoisotopic (exact) mass is 462 g/mol. The van der Waals surface area contributed by atoms with Crippen molar-refractivity contribution in [3.05, 3.63) is 76.6 Å². The normalized spacial score (nSPS) is 11.8. The Balaban J connectivity index is 2.18. The van der Waals surface area contributed by atoms with Crippen molar-refractivity contribution >= 4 is 17.7 Å². The Labute approximate surface area is 186 Å². The smallest absolute Gasteiger partial charge is 0.218 e. The summed E-state index contributed by atoms with van der Waals surface area (Å²) in [4.78, 5) is 20.8. The van der Waals surface area contributed by atoms with E-state index in [-0.39, 0.29) is 11.4 Å². The van der Waals surface area contributed by atoms with E-state index in [9.17, 15) is 26.7 Å². The molecule has 0 amide bonds. The minimum absolute atomic E-state index is 0.0563. The van der Waals surface area contributed by atoms with Crippen LogP contribution in [0.15, 0.2) is 41.4 Å². The van der Waals surface area contributed by atoms with Crippen LogP contribution in [-0.4, -0.2) is 24.1 Å². The molecule has 0 spiro atoms. The molecule has 0 aliphatic rings. The van der Waals surface area contributed by atoms with Crippen LogP contribution in [0.1, 0.15) is 36.7 Å². The molecule has 3 aromatic rings. The molecule has 9 heteroatoms. The van der Waals surface area contributed by atoms with Gasteiger partial charge in [0.25, 0.3) is 0 Å². The summed E-state index contributed by atoms with van der Waals surface area (Å²) in [5, 5.41) is 0. The second-order valence-electron chi connectivity index (χ2n) is 8.10. The lowest BCUT2D eigenvalue weighted by molar-refractivity contribution is 0.106. The van der Waals surface area contributed by atoms with E-state index in [1.165, 1.54) is 13.2 Å². The summed E-state index contributed by atoms with van der Waals surface area (Å²) in [6.45, 7) is 5.39. The van der Waals surface area contributed by atoms with Gasteiger partial charge in [0, 0.05) is 16.7 Å². The number of carbonyl (C=O) groups is 1. The number of hydrogen-bond donors (Lipinski definition) is 0. The highest BCUT2D eigenvalue weighted by atomic mass is 19.2. The Morgan fingerprint density at radius 2 is 1.48 bits per heavy atom. The van der Waals surface area contributed by atoms with Gasteiger partial charge >= 0.3 is 0 Å². The lowest BCUT2D eigenvalue weighted by Gasteiger charge is -2.24. The fourth-order valence-corrected chi connectivity index (χ4v) is 3.24. The molecular formula is C24H19F5N2O2. The number of benzene rings is 2. The molecule has 2 aromatic carbocycles. The summed E-state index contributed by atoms with van der Waals surface area (Å²) in [5.74, 6) is -11.6. The standard InChI is InChI=1S/C24H19F5N2O2/c1-24(2,3)16-13(10-14(31-23(16)33-4)12-8-6-5-7-9-12)15(32)11-30-22-20(28)18(26)17(25)19(27)21(22)29/h5-11H,1-4H3. The molecule has 4 nitrogen and oxygen atoms in total. The second-order valence-corrected chi connectivity index (χ2v) is 8.10. The van der Waals surface area contributed by atoms with Crippen molar-refractivity contribution in [2.75, 3.05) is 7.11 Å². The zero-order chi connectivity index (χ0) is 24.5. The number of halogens is 5. The van der Waals surface area contributed by atoms with Gasteiger partial charge in [0.1, 0.15) is 5.69 Å². The van der Waals surface area contributed by atoms with Crippen LogP contribution >= 0.6 is 0 Å². The van der Waals surface area contributed by atoms with Gasteiger partial charge in [0.15, 0.2) is 23.3 Å². The molecule has 0 atom stereocenters. The molecule has 0 bridgehead atoms. The maximum Gasteiger partial charge on any atom is 0.218 e. The Kier molecular flexibility index (Phi) is 6.62. The Hall–Kier alpha value is -3.62.